The van der Waals surface area contributed by atoms with Crippen molar-refractivity contribution in [3.63, 3.8) is 0 Å². The molecule has 22 heavy (non-hydrogen) atoms. The highest BCUT2D eigenvalue weighted by Crippen LogP contribution is 2.34. The van der Waals surface area contributed by atoms with E-state index < -0.39 is 0 Å². The van der Waals surface area contributed by atoms with E-state index in [1.807, 2.05) is 25.1 Å². The number of ether oxygens (including phenoxy) is 2. The van der Waals surface area contributed by atoms with E-state index in [1.54, 1.807) is 19.1 Å². The Bertz CT molecular complexity index is 730. The molecule has 0 spiro atoms. The number of benzene rings is 2. The highest BCUT2D eigenvalue weighted by Gasteiger charge is 2.17. The van der Waals surface area contributed by atoms with Crippen molar-refractivity contribution in [3.8, 4) is 11.5 Å². The summed E-state index contributed by atoms with van der Waals surface area (Å²) < 4.78 is 24.1. The van der Waals surface area contributed by atoms with Crippen LogP contribution in [-0.4, -0.2) is 12.7 Å². The summed E-state index contributed by atoms with van der Waals surface area (Å²) >= 11 is 0. The minimum Gasteiger partial charge on any atom is -0.454 e. The minimum absolute atomic E-state index is 0.210. The number of carbonyl (C=O) groups excluding carboxylic acids is 1. The van der Waals surface area contributed by atoms with Crippen LogP contribution < -0.4 is 14.8 Å². The summed E-state index contributed by atoms with van der Waals surface area (Å²) in [7, 11) is 0. The van der Waals surface area contributed by atoms with Gasteiger partial charge in [-0.05, 0) is 49.2 Å². The van der Waals surface area contributed by atoms with E-state index in [4.69, 9.17) is 9.47 Å². The molecule has 1 aliphatic heterocycles. The van der Waals surface area contributed by atoms with Gasteiger partial charge in [0.15, 0.2) is 11.5 Å². The average Bonchev–Trinajstić information content (AvgIpc) is 2.97. The lowest BCUT2D eigenvalue weighted by atomic mass is 10.1. The molecule has 0 saturated carbocycles. The van der Waals surface area contributed by atoms with Crippen molar-refractivity contribution in [2.45, 2.75) is 19.9 Å². The molecule has 0 fully saturated rings. The Hall–Kier alpha value is -2.56. The zero-order chi connectivity index (χ0) is 15.7. The largest absolute Gasteiger partial charge is 0.454 e. The molecule has 1 aliphatic rings. The van der Waals surface area contributed by atoms with Crippen LogP contribution in [0.15, 0.2) is 36.4 Å². The van der Waals surface area contributed by atoms with E-state index in [9.17, 15) is 9.18 Å². The molecule has 1 unspecified atom stereocenters. The molecule has 1 amide bonds. The smallest absolute Gasteiger partial charge is 0.251 e. The molecular weight excluding hydrogens is 285 g/mol. The summed E-state index contributed by atoms with van der Waals surface area (Å²) in [5.41, 5.74) is 1.71. The van der Waals surface area contributed by atoms with Crippen LogP contribution >= 0.6 is 0 Å². The van der Waals surface area contributed by atoms with Gasteiger partial charge >= 0.3 is 0 Å². The second-order valence-electron chi connectivity index (χ2n) is 5.27. The first-order valence-electron chi connectivity index (χ1n) is 7.01. The van der Waals surface area contributed by atoms with E-state index in [0.717, 1.165) is 5.56 Å². The van der Waals surface area contributed by atoms with Gasteiger partial charge in [-0.1, -0.05) is 12.1 Å². The molecule has 2 aromatic rings. The van der Waals surface area contributed by atoms with Crippen molar-refractivity contribution in [1.29, 1.82) is 0 Å². The number of hydrogen-bond donors (Lipinski definition) is 1. The van der Waals surface area contributed by atoms with Crippen LogP contribution in [0.3, 0.4) is 0 Å². The molecule has 0 aliphatic carbocycles. The third kappa shape index (κ3) is 2.74. The number of aryl methyl sites for hydroxylation is 1. The number of nitrogens with one attached hydrogen (secondary N) is 1. The highest BCUT2D eigenvalue weighted by atomic mass is 19.1. The number of carbonyl (C=O) groups is 1. The fourth-order valence-electron chi connectivity index (χ4n) is 2.28. The summed E-state index contributed by atoms with van der Waals surface area (Å²) in [6.45, 7) is 3.73. The first-order valence-corrected chi connectivity index (χ1v) is 7.01. The van der Waals surface area contributed by atoms with Gasteiger partial charge in [-0.25, -0.2) is 4.39 Å². The van der Waals surface area contributed by atoms with E-state index in [0.29, 0.717) is 22.6 Å². The molecule has 5 heteroatoms. The molecule has 1 heterocycles. The molecule has 114 valence electrons. The van der Waals surface area contributed by atoms with Crippen molar-refractivity contribution in [2.75, 3.05) is 6.79 Å². The lowest BCUT2D eigenvalue weighted by molar-refractivity contribution is 0.0939. The highest BCUT2D eigenvalue weighted by molar-refractivity contribution is 5.94. The Balaban J connectivity index is 1.74. The van der Waals surface area contributed by atoms with Crippen LogP contribution in [0.4, 0.5) is 4.39 Å². The fraction of sp³-hybridized carbons (Fsp3) is 0.235. The number of rotatable bonds is 3. The van der Waals surface area contributed by atoms with Gasteiger partial charge in [-0.2, -0.15) is 0 Å². The fourth-order valence-corrected chi connectivity index (χ4v) is 2.28. The summed E-state index contributed by atoms with van der Waals surface area (Å²) in [5.74, 6) is 0.662. The lowest BCUT2D eigenvalue weighted by Gasteiger charge is -2.15. The Morgan fingerprint density at radius 1 is 1.18 bits per heavy atom. The molecule has 1 N–H and O–H groups in total. The SMILES string of the molecule is Cc1ccc(C(=O)NC(C)c2ccc3c(c2)OCO3)cc1F. The van der Waals surface area contributed by atoms with Gasteiger partial charge in [0.25, 0.3) is 5.91 Å². The summed E-state index contributed by atoms with van der Waals surface area (Å²) in [6, 6.07) is 9.74. The van der Waals surface area contributed by atoms with E-state index in [-0.39, 0.29) is 24.6 Å². The predicted octanol–water partition coefficient (Wildman–Crippen LogP) is 3.35. The molecule has 1 atom stereocenters. The lowest BCUT2D eigenvalue weighted by Crippen LogP contribution is -2.26. The standard InChI is InChI=1S/C17H16FNO3/c1-10-3-4-13(7-14(10)18)17(20)19-11(2)12-5-6-15-16(8-12)22-9-21-15/h3-8,11H,9H2,1-2H3,(H,19,20). The van der Waals surface area contributed by atoms with Crippen molar-refractivity contribution >= 4 is 5.91 Å². The molecule has 0 aromatic heterocycles. The van der Waals surface area contributed by atoms with Crippen LogP contribution in [0, 0.1) is 12.7 Å². The van der Waals surface area contributed by atoms with Crippen LogP contribution in [0.2, 0.25) is 0 Å². The third-order valence-electron chi connectivity index (χ3n) is 3.68. The molecular formula is C17H16FNO3. The van der Waals surface area contributed by atoms with Crippen LogP contribution in [0.25, 0.3) is 0 Å². The zero-order valence-corrected chi connectivity index (χ0v) is 12.4. The van der Waals surface area contributed by atoms with Crippen molar-refractivity contribution in [2.24, 2.45) is 0 Å². The first kappa shape index (κ1) is 14.4. The van der Waals surface area contributed by atoms with Crippen molar-refractivity contribution < 1.29 is 18.7 Å². The molecule has 4 nitrogen and oxygen atoms in total. The third-order valence-corrected chi connectivity index (χ3v) is 3.68. The summed E-state index contributed by atoms with van der Waals surface area (Å²) in [6.07, 6.45) is 0. The second-order valence-corrected chi connectivity index (χ2v) is 5.27. The minimum atomic E-state index is -0.386. The molecule has 0 radical (unpaired) electrons. The maximum absolute atomic E-state index is 13.5. The maximum Gasteiger partial charge on any atom is 0.251 e. The second kappa shape index (κ2) is 5.67. The molecule has 2 aromatic carbocycles. The Kier molecular flexibility index (Phi) is 3.71. The van der Waals surface area contributed by atoms with Gasteiger partial charge < -0.3 is 14.8 Å². The average molecular weight is 301 g/mol. The number of hydrogen-bond acceptors (Lipinski definition) is 3. The Labute approximate surface area is 127 Å². The maximum atomic E-state index is 13.5. The van der Waals surface area contributed by atoms with Crippen LogP contribution in [0.5, 0.6) is 11.5 Å². The zero-order valence-electron chi connectivity index (χ0n) is 12.4. The Morgan fingerprint density at radius 3 is 2.73 bits per heavy atom. The van der Waals surface area contributed by atoms with E-state index >= 15 is 0 Å². The molecule has 3 rings (SSSR count). The topological polar surface area (TPSA) is 47.6 Å². The van der Waals surface area contributed by atoms with E-state index in [2.05, 4.69) is 5.32 Å². The number of fused-ring (bicyclic) bond motifs is 1. The monoisotopic (exact) mass is 301 g/mol. The number of amides is 1. The van der Waals surface area contributed by atoms with Crippen molar-refractivity contribution in [1.82, 2.24) is 5.32 Å². The van der Waals surface area contributed by atoms with Gasteiger partial charge in [0.1, 0.15) is 5.82 Å². The summed E-state index contributed by atoms with van der Waals surface area (Å²) in [4.78, 5) is 12.2. The van der Waals surface area contributed by atoms with Gasteiger partial charge in [-0.15, -0.1) is 0 Å². The van der Waals surface area contributed by atoms with Crippen molar-refractivity contribution in [3.05, 3.63) is 58.9 Å². The van der Waals surface area contributed by atoms with Crippen LogP contribution in [0.1, 0.15) is 34.5 Å². The first-order chi connectivity index (χ1) is 10.5. The van der Waals surface area contributed by atoms with Gasteiger partial charge in [0, 0.05) is 5.56 Å². The summed E-state index contributed by atoms with van der Waals surface area (Å²) in [5, 5.41) is 2.85. The van der Waals surface area contributed by atoms with Gasteiger partial charge in [0.05, 0.1) is 6.04 Å². The van der Waals surface area contributed by atoms with Gasteiger partial charge in [-0.3, -0.25) is 4.79 Å². The molecule has 0 saturated heterocycles. The van der Waals surface area contributed by atoms with Gasteiger partial charge in [0.2, 0.25) is 6.79 Å². The predicted molar refractivity (Wildman–Crippen MR) is 79.6 cm³/mol. The molecule has 0 bridgehead atoms. The quantitative estimate of drug-likeness (QED) is 0.945. The normalized spacial score (nSPS) is 13.8. The number of halogens is 1. The van der Waals surface area contributed by atoms with Crippen LogP contribution in [-0.2, 0) is 0 Å². The Morgan fingerprint density at radius 2 is 1.95 bits per heavy atom. The van der Waals surface area contributed by atoms with E-state index in [1.165, 1.54) is 6.07 Å².